The Balaban J connectivity index is 2.02. The number of ether oxygens (including phenoxy) is 1. The molecule has 86 valence electrons. The third kappa shape index (κ3) is 5.01. The Labute approximate surface area is 92.7 Å². The summed E-state index contributed by atoms with van der Waals surface area (Å²) in [5, 5.41) is 0. The molecule has 0 aromatic rings. The molecule has 0 radical (unpaired) electrons. The summed E-state index contributed by atoms with van der Waals surface area (Å²) in [4.78, 5) is 10.8. The summed E-state index contributed by atoms with van der Waals surface area (Å²) in [6.45, 7) is 2.24. The van der Waals surface area contributed by atoms with Crippen molar-refractivity contribution in [3.05, 3.63) is 12.2 Å². The smallest absolute Gasteiger partial charge is 0.330 e. The number of unbranched alkanes of at least 4 members (excludes halogenated alkanes) is 3. The Morgan fingerprint density at radius 3 is 2.87 bits per heavy atom. The van der Waals surface area contributed by atoms with Gasteiger partial charge in [-0.15, -0.1) is 0 Å². The van der Waals surface area contributed by atoms with Crippen LogP contribution in [0.4, 0.5) is 0 Å². The highest BCUT2D eigenvalue weighted by Gasteiger charge is 2.33. The number of methoxy groups -OCH3 is 1. The number of carbonyl (C=O) groups excluding carboxylic acids is 1. The molecule has 0 amide bonds. The molecule has 1 aliphatic carbocycles. The molecule has 0 N–H and O–H groups in total. The van der Waals surface area contributed by atoms with E-state index < -0.39 is 0 Å². The van der Waals surface area contributed by atoms with E-state index in [0.717, 1.165) is 5.92 Å². The van der Waals surface area contributed by atoms with Crippen molar-refractivity contribution < 1.29 is 9.53 Å². The third-order valence-corrected chi connectivity index (χ3v) is 3.09. The van der Waals surface area contributed by atoms with Crippen molar-refractivity contribution in [2.24, 2.45) is 11.8 Å². The van der Waals surface area contributed by atoms with Gasteiger partial charge in [-0.3, -0.25) is 0 Å². The van der Waals surface area contributed by atoms with E-state index in [4.69, 9.17) is 0 Å². The van der Waals surface area contributed by atoms with E-state index in [9.17, 15) is 4.79 Å². The first-order chi connectivity index (χ1) is 7.27. The Morgan fingerprint density at radius 2 is 2.20 bits per heavy atom. The Bertz CT molecular complexity index is 221. The van der Waals surface area contributed by atoms with Crippen molar-refractivity contribution in [1.29, 1.82) is 0 Å². The maximum Gasteiger partial charge on any atom is 0.330 e. The van der Waals surface area contributed by atoms with Crippen LogP contribution in [0.3, 0.4) is 0 Å². The van der Waals surface area contributed by atoms with Crippen molar-refractivity contribution in [3.8, 4) is 0 Å². The first kappa shape index (κ1) is 12.3. The third-order valence-electron chi connectivity index (χ3n) is 3.09. The van der Waals surface area contributed by atoms with Gasteiger partial charge in [0.1, 0.15) is 0 Å². The predicted molar refractivity (Wildman–Crippen MR) is 61.5 cm³/mol. The lowest BCUT2D eigenvalue weighted by Crippen LogP contribution is -1.93. The van der Waals surface area contributed by atoms with E-state index in [-0.39, 0.29) is 5.97 Å². The van der Waals surface area contributed by atoms with Gasteiger partial charge in [0.2, 0.25) is 0 Å². The van der Waals surface area contributed by atoms with Gasteiger partial charge in [-0.1, -0.05) is 38.7 Å². The molecule has 1 saturated carbocycles. The van der Waals surface area contributed by atoms with Crippen LogP contribution in [0.5, 0.6) is 0 Å². The maximum atomic E-state index is 10.8. The molecular weight excluding hydrogens is 188 g/mol. The zero-order valence-electron chi connectivity index (χ0n) is 9.87. The van der Waals surface area contributed by atoms with E-state index in [1.54, 1.807) is 6.08 Å². The second kappa shape index (κ2) is 6.65. The van der Waals surface area contributed by atoms with Crippen LogP contribution < -0.4 is 0 Å². The largest absolute Gasteiger partial charge is 0.466 e. The molecule has 0 bridgehead atoms. The average molecular weight is 210 g/mol. The molecule has 0 spiro atoms. The number of hydrogen-bond donors (Lipinski definition) is 0. The summed E-state index contributed by atoms with van der Waals surface area (Å²) >= 11 is 0. The first-order valence-electron chi connectivity index (χ1n) is 6.04. The van der Waals surface area contributed by atoms with Crippen molar-refractivity contribution in [2.75, 3.05) is 7.11 Å². The van der Waals surface area contributed by atoms with Crippen LogP contribution in [0.25, 0.3) is 0 Å². The average Bonchev–Trinajstić information content (AvgIpc) is 3.00. The van der Waals surface area contributed by atoms with Crippen molar-refractivity contribution in [1.82, 2.24) is 0 Å². The molecule has 1 fully saturated rings. The molecule has 1 rings (SSSR count). The first-order valence-corrected chi connectivity index (χ1v) is 6.04. The molecule has 0 aliphatic heterocycles. The molecule has 15 heavy (non-hydrogen) atoms. The van der Waals surface area contributed by atoms with Crippen LogP contribution in [-0.4, -0.2) is 13.1 Å². The van der Waals surface area contributed by atoms with Crippen LogP contribution in [0.15, 0.2) is 12.2 Å². The quantitative estimate of drug-likeness (QED) is 0.366. The fourth-order valence-corrected chi connectivity index (χ4v) is 1.94. The van der Waals surface area contributed by atoms with Gasteiger partial charge in [-0.25, -0.2) is 4.79 Å². The Hall–Kier alpha value is -0.790. The van der Waals surface area contributed by atoms with Gasteiger partial charge in [0.15, 0.2) is 0 Å². The summed E-state index contributed by atoms with van der Waals surface area (Å²) in [6.07, 6.45) is 11.5. The number of allylic oxidation sites excluding steroid dienone is 1. The topological polar surface area (TPSA) is 26.3 Å². The minimum Gasteiger partial charge on any atom is -0.466 e. The molecule has 0 aromatic carbocycles. The van der Waals surface area contributed by atoms with Gasteiger partial charge < -0.3 is 4.74 Å². The van der Waals surface area contributed by atoms with Gasteiger partial charge in [-0.2, -0.15) is 0 Å². The van der Waals surface area contributed by atoms with Crippen molar-refractivity contribution >= 4 is 5.97 Å². The molecule has 0 unspecified atom stereocenters. The number of rotatable bonds is 7. The van der Waals surface area contributed by atoms with E-state index in [1.165, 1.54) is 45.6 Å². The summed E-state index contributed by atoms with van der Waals surface area (Å²) in [5.41, 5.74) is 0. The van der Waals surface area contributed by atoms with Crippen LogP contribution in [0.1, 0.15) is 45.4 Å². The van der Waals surface area contributed by atoms with Gasteiger partial charge in [0, 0.05) is 6.08 Å². The normalized spacial score (nSPS) is 24.4. The van der Waals surface area contributed by atoms with Crippen LogP contribution >= 0.6 is 0 Å². The van der Waals surface area contributed by atoms with Crippen LogP contribution in [-0.2, 0) is 9.53 Å². The molecule has 2 heteroatoms. The zero-order chi connectivity index (χ0) is 11.1. The lowest BCUT2D eigenvalue weighted by molar-refractivity contribution is -0.134. The van der Waals surface area contributed by atoms with Gasteiger partial charge in [0.25, 0.3) is 0 Å². The highest BCUT2D eigenvalue weighted by Crippen LogP contribution is 2.43. The number of hydrogen-bond acceptors (Lipinski definition) is 2. The number of carbonyl (C=O) groups is 1. The van der Waals surface area contributed by atoms with Gasteiger partial charge >= 0.3 is 5.97 Å². The Morgan fingerprint density at radius 1 is 1.40 bits per heavy atom. The van der Waals surface area contributed by atoms with Crippen molar-refractivity contribution in [3.63, 3.8) is 0 Å². The fraction of sp³-hybridized carbons (Fsp3) is 0.769. The van der Waals surface area contributed by atoms with E-state index in [1.807, 2.05) is 6.08 Å². The van der Waals surface area contributed by atoms with E-state index in [0.29, 0.717) is 5.92 Å². The summed E-state index contributed by atoms with van der Waals surface area (Å²) in [7, 11) is 1.42. The van der Waals surface area contributed by atoms with Crippen LogP contribution in [0.2, 0.25) is 0 Å². The van der Waals surface area contributed by atoms with Gasteiger partial charge in [-0.05, 0) is 24.7 Å². The van der Waals surface area contributed by atoms with Crippen LogP contribution in [0, 0.1) is 11.8 Å². The lowest BCUT2D eigenvalue weighted by atomic mass is 10.1. The SMILES string of the molecule is CCCCCC[C@@H]1C[C@H]1/C=C/C(=O)OC. The second-order valence-corrected chi connectivity index (χ2v) is 4.39. The maximum absolute atomic E-state index is 10.8. The minimum absolute atomic E-state index is 0.230. The second-order valence-electron chi connectivity index (χ2n) is 4.39. The predicted octanol–water partition coefficient (Wildman–Crippen LogP) is 3.32. The Kier molecular flexibility index (Phi) is 5.44. The highest BCUT2D eigenvalue weighted by molar-refractivity contribution is 5.81. The molecular formula is C13H22O2. The minimum atomic E-state index is -0.230. The number of esters is 1. The van der Waals surface area contributed by atoms with E-state index >= 15 is 0 Å². The zero-order valence-corrected chi connectivity index (χ0v) is 9.87. The monoisotopic (exact) mass is 210 g/mol. The fourth-order valence-electron chi connectivity index (χ4n) is 1.94. The summed E-state index contributed by atoms with van der Waals surface area (Å²) in [6, 6.07) is 0. The highest BCUT2D eigenvalue weighted by atomic mass is 16.5. The molecule has 0 heterocycles. The summed E-state index contributed by atoms with van der Waals surface area (Å²) < 4.78 is 4.55. The molecule has 2 nitrogen and oxygen atoms in total. The molecule has 2 atom stereocenters. The van der Waals surface area contributed by atoms with Crippen molar-refractivity contribution in [2.45, 2.75) is 45.4 Å². The standard InChI is InChI=1S/C13H22O2/c1-3-4-5-6-7-11-10-12(11)8-9-13(14)15-2/h8-9,11-12H,3-7,10H2,1-2H3/b9-8+/t11-,12-/m1/s1. The molecule has 0 aromatic heterocycles. The van der Waals surface area contributed by atoms with E-state index in [2.05, 4.69) is 11.7 Å². The lowest BCUT2D eigenvalue weighted by Gasteiger charge is -1.97. The molecule has 0 saturated heterocycles. The van der Waals surface area contributed by atoms with Gasteiger partial charge in [0.05, 0.1) is 7.11 Å². The summed E-state index contributed by atoms with van der Waals surface area (Å²) in [5.74, 6) is 1.25. The molecule has 1 aliphatic rings.